The Hall–Kier alpha value is -2.40. The number of pyridine rings is 1. The number of nitrogens with one attached hydrogen (secondary N) is 1. The van der Waals surface area contributed by atoms with Crippen molar-refractivity contribution in [3.05, 3.63) is 42.1 Å². The topological polar surface area (TPSA) is 110 Å². The third-order valence-electron chi connectivity index (χ3n) is 4.58. The van der Waals surface area contributed by atoms with Crippen LogP contribution in [0.2, 0.25) is 0 Å². The van der Waals surface area contributed by atoms with Gasteiger partial charge in [0.15, 0.2) is 0 Å². The molecule has 2 heterocycles. The SMILES string of the molecule is COc1cc(OC)cc(C(O)CNc2ccc(S(=O)(=O)N3CCOCC3)cn2)c1. The zero-order valence-corrected chi connectivity index (χ0v) is 17.2. The molecule has 1 unspecified atom stereocenters. The van der Waals surface area contributed by atoms with Crippen LogP contribution in [0, 0.1) is 0 Å². The van der Waals surface area contributed by atoms with Crippen LogP contribution in [0.15, 0.2) is 41.4 Å². The fraction of sp³-hybridized carbons (Fsp3) is 0.421. The van der Waals surface area contributed by atoms with Gasteiger partial charge in [0, 0.05) is 31.9 Å². The molecule has 29 heavy (non-hydrogen) atoms. The number of nitrogens with zero attached hydrogens (tertiary/aromatic N) is 2. The van der Waals surface area contributed by atoms with Crippen LogP contribution >= 0.6 is 0 Å². The van der Waals surface area contributed by atoms with E-state index in [0.29, 0.717) is 49.2 Å². The minimum absolute atomic E-state index is 0.128. The number of sulfonamides is 1. The van der Waals surface area contributed by atoms with E-state index in [-0.39, 0.29) is 11.4 Å². The molecule has 1 fully saturated rings. The van der Waals surface area contributed by atoms with Gasteiger partial charge in [-0.3, -0.25) is 0 Å². The molecule has 1 aliphatic heterocycles. The van der Waals surface area contributed by atoms with Crippen molar-refractivity contribution in [1.82, 2.24) is 9.29 Å². The Bertz CT molecular complexity index is 892. The highest BCUT2D eigenvalue weighted by molar-refractivity contribution is 7.89. The maximum atomic E-state index is 12.6. The third kappa shape index (κ3) is 5.15. The van der Waals surface area contributed by atoms with Gasteiger partial charge >= 0.3 is 0 Å². The van der Waals surface area contributed by atoms with Crippen molar-refractivity contribution in [3.63, 3.8) is 0 Å². The highest BCUT2D eigenvalue weighted by atomic mass is 32.2. The lowest BCUT2D eigenvalue weighted by molar-refractivity contribution is 0.0730. The summed E-state index contributed by atoms with van der Waals surface area (Å²) < 4.78 is 42.2. The Labute approximate surface area is 170 Å². The van der Waals surface area contributed by atoms with Crippen molar-refractivity contribution in [3.8, 4) is 11.5 Å². The largest absolute Gasteiger partial charge is 0.497 e. The van der Waals surface area contributed by atoms with Gasteiger partial charge in [0.05, 0.1) is 33.5 Å². The predicted molar refractivity (Wildman–Crippen MR) is 107 cm³/mol. The molecule has 0 bridgehead atoms. The van der Waals surface area contributed by atoms with Gasteiger partial charge in [-0.15, -0.1) is 0 Å². The zero-order valence-electron chi connectivity index (χ0n) is 16.4. The quantitative estimate of drug-likeness (QED) is 0.653. The molecular formula is C19H25N3O6S. The molecule has 2 N–H and O–H groups in total. The van der Waals surface area contributed by atoms with Crippen LogP contribution in [-0.4, -0.2) is 69.9 Å². The number of aromatic nitrogens is 1. The minimum atomic E-state index is -3.58. The summed E-state index contributed by atoms with van der Waals surface area (Å²) in [6, 6.07) is 8.24. The number of methoxy groups -OCH3 is 2. The molecule has 0 aliphatic carbocycles. The van der Waals surface area contributed by atoms with E-state index in [1.165, 1.54) is 16.6 Å². The average molecular weight is 423 g/mol. The van der Waals surface area contributed by atoms with Crippen LogP contribution in [0.3, 0.4) is 0 Å². The Morgan fingerprint density at radius 1 is 1.17 bits per heavy atom. The molecule has 3 rings (SSSR count). The second kappa shape index (κ2) is 9.40. The molecule has 1 aromatic carbocycles. The summed E-state index contributed by atoms with van der Waals surface area (Å²) in [6.07, 6.45) is 0.478. The number of anilines is 1. The average Bonchev–Trinajstić information content (AvgIpc) is 2.77. The fourth-order valence-electron chi connectivity index (χ4n) is 2.91. The first-order chi connectivity index (χ1) is 13.9. The van der Waals surface area contributed by atoms with Crippen molar-refractivity contribution >= 4 is 15.8 Å². The van der Waals surface area contributed by atoms with Gasteiger partial charge < -0.3 is 24.6 Å². The molecule has 158 valence electrons. The monoisotopic (exact) mass is 423 g/mol. The second-order valence-corrected chi connectivity index (χ2v) is 8.38. The number of ether oxygens (including phenoxy) is 3. The molecule has 1 aromatic heterocycles. The standard InChI is InChI=1S/C19H25N3O6S/c1-26-15-9-14(10-16(11-15)27-2)18(23)13-21-19-4-3-17(12-20-19)29(24,25)22-5-7-28-8-6-22/h3-4,9-12,18,23H,5-8,13H2,1-2H3,(H,20,21). The molecular weight excluding hydrogens is 398 g/mol. The van der Waals surface area contributed by atoms with E-state index >= 15 is 0 Å². The Kier molecular flexibility index (Phi) is 6.91. The number of hydrogen-bond acceptors (Lipinski definition) is 8. The van der Waals surface area contributed by atoms with Crippen molar-refractivity contribution in [2.45, 2.75) is 11.0 Å². The fourth-order valence-corrected chi connectivity index (χ4v) is 4.27. The molecule has 1 atom stereocenters. The Morgan fingerprint density at radius 3 is 2.38 bits per heavy atom. The smallest absolute Gasteiger partial charge is 0.244 e. The molecule has 9 nitrogen and oxygen atoms in total. The summed E-state index contributed by atoms with van der Waals surface area (Å²) in [5.41, 5.74) is 0.625. The maximum absolute atomic E-state index is 12.6. The molecule has 1 aliphatic rings. The molecule has 10 heteroatoms. The third-order valence-corrected chi connectivity index (χ3v) is 6.46. The van der Waals surface area contributed by atoms with Gasteiger partial charge in [0.2, 0.25) is 10.0 Å². The highest BCUT2D eigenvalue weighted by Gasteiger charge is 2.26. The van der Waals surface area contributed by atoms with Crippen molar-refractivity contribution in [2.75, 3.05) is 52.4 Å². The Morgan fingerprint density at radius 2 is 1.83 bits per heavy atom. The Balaban J connectivity index is 1.64. The number of hydrogen-bond donors (Lipinski definition) is 2. The van der Waals surface area contributed by atoms with Gasteiger partial charge in [-0.05, 0) is 29.8 Å². The lowest BCUT2D eigenvalue weighted by Gasteiger charge is -2.25. The normalized spacial score (nSPS) is 16.2. The van der Waals surface area contributed by atoms with Crippen molar-refractivity contribution < 1.29 is 27.7 Å². The second-order valence-electron chi connectivity index (χ2n) is 6.44. The van der Waals surface area contributed by atoms with Crippen molar-refractivity contribution in [1.29, 1.82) is 0 Å². The maximum Gasteiger partial charge on any atom is 0.244 e. The summed E-state index contributed by atoms with van der Waals surface area (Å²) in [7, 11) is -0.500. The molecule has 0 spiro atoms. The predicted octanol–water partition coefficient (Wildman–Crippen LogP) is 1.27. The van der Waals surface area contributed by atoms with E-state index < -0.39 is 16.1 Å². The zero-order chi connectivity index (χ0) is 20.9. The van der Waals surface area contributed by atoms with Crippen molar-refractivity contribution in [2.24, 2.45) is 0 Å². The van der Waals surface area contributed by atoms with Crippen LogP contribution in [0.1, 0.15) is 11.7 Å². The first kappa shape index (κ1) is 21.3. The summed E-state index contributed by atoms with van der Waals surface area (Å²) in [4.78, 5) is 4.29. The summed E-state index contributed by atoms with van der Waals surface area (Å²) >= 11 is 0. The first-order valence-corrected chi connectivity index (χ1v) is 10.6. The minimum Gasteiger partial charge on any atom is -0.497 e. The van der Waals surface area contributed by atoms with E-state index in [9.17, 15) is 13.5 Å². The van der Waals surface area contributed by atoms with Gasteiger partial charge in [0.1, 0.15) is 22.2 Å². The van der Waals surface area contributed by atoms with E-state index in [1.807, 2.05) is 0 Å². The molecule has 0 amide bonds. The number of aliphatic hydroxyl groups excluding tert-OH is 1. The lowest BCUT2D eigenvalue weighted by atomic mass is 10.1. The van der Waals surface area contributed by atoms with Gasteiger partial charge in [-0.2, -0.15) is 4.31 Å². The van der Waals surface area contributed by atoms with E-state index in [0.717, 1.165) is 0 Å². The van der Waals surface area contributed by atoms with Crippen LogP contribution in [-0.2, 0) is 14.8 Å². The highest BCUT2D eigenvalue weighted by Crippen LogP contribution is 2.26. The van der Waals surface area contributed by atoms with Crippen LogP contribution in [0.5, 0.6) is 11.5 Å². The van der Waals surface area contributed by atoms with E-state index in [1.54, 1.807) is 38.5 Å². The summed E-state index contributed by atoms with van der Waals surface area (Å²) in [5, 5.41) is 13.5. The van der Waals surface area contributed by atoms with E-state index in [2.05, 4.69) is 10.3 Å². The van der Waals surface area contributed by atoms with Crippen LogP contribution in [0.25, 0.3) is 0 Å². The number of aliphatic hydroxyl groups is 1. The molecule has 0 radical (unpaired) electrons. The van der Waals surface area contributed by atoms with E-state index in [4.69, 9.17) is 14.2 Å². The number of rotatable bonds is 8. The molecule has 0 saturated carbocycles. The van der Waals surface area contributed by atoms with Crippen LogP contribution < -0.4 is 14.8 Å². The number of morpholine rings is 1. The van der Waals surface area contributed by atoms with Gasteiger partial charge in [-0.25, -0.2) is 13.4 Å². The van der Waals surface area contributed by atoms with Gasteiger partial charge in [-0.1, -0.05) is 0 Å². The lowest BCUT2D eigenvalue weighted by Crippen LogP contribution is -2.40. The first-order valence-electron chi connectivity index (χ1n) is 9.13. The van der Waals surface area contributed by atoms with Gasteiger partial charge in [0.25, 0.3) is 0 Å². The van der Waals surface area contributed by atoms with Crippen LogP contribution in [0.4, 0.5) is 5.82 Å². The summed E-state index contributed by atoms with van der Waals surface area (Å²) in [6.45, 7) is 1.62. The molecule has 2 aromatic rings. The number of benzene rings is 1. The summed E-state index contributed by atoms with van der Waals surface area (Å²) in [5.74, 6) is 1.61. The molecule has 1 saturated heterocycles.